The molecule has 0 aliphatic carbocycles. The molecule has 1 rings (SSSR count). The smallest absolute Gasteiger partial charge is 0.113 e. The van der Waals surface area contributed by atoms with Gasteiger partial charge in [0.05, 0.1) is 0 Å². The molecule has 0 saturated carbocycles. The van der Waals surface area contributed by atoms with Crippen LogP contribution in [0.5, 0.6) is 0 Å². The van der Waals surface area contributed by atoms with Crippen LogP contribution >= 0.6 is 0 Å². The Balaban J connectivity index is 2.46. The first-order chi connectivity index (χ1) is 4.43. The number of rotatable bonds is 1. The van der Waals surface area contributed by atoms with E-state index in [1.165, 1.54) is 0 Å². The Morgan fingerprint density at radius 2 is 2.56 bits per heavy atom. The van der Waals surface area contributed by atoms with E-state index in [-0.39, 0.29) is 0 Å². The van der Waals surface area contributed by atoms with Crippen LogP contribution in [0.4, 0.5) is 0 Å². The lowest BCUT2D eigenvalue weighted by atomic mass is 10.5. The number of hydrogen-bond acceptors (Lipinski definition) is 2. The fraction of sp³-hybridized carbons (Fsp3) is 0.286. The SMILES string of the molecule is CC=CN1C=CC=NC1. The molecule has 1 aliphatic heterocycles. The van der Waals surface area contributed by atoms with E-state index in [4.69, 9.17) is 0 Å². The highest BCUT2D eigenvalue weighted by Crippen LogP contribution is 1.94. The van der Waals surface area contributed by atoms with Gasteiger partial charge in [0.25, 0.3) is 0 Å². The van der Waals surface area contributed by atoms with E-state index in [9.17, 15) is 0 Å². The molecule has 0 unspecified atom stereocenters. The van der Waals surface area contributed by atoms with Gasteiger partial charge in [0, 0.05) is 18.6 Å². The summed E-state index contributed by atoms with van der Waals surface area (Å²) in [5, 5.41) is 0. The zero-order chi connectivity index (χ0) is 6.53. The molecule has 0 fully saturated rings. The molecule has 1 aliphatic rings. The molecule has 0 radical (unpaired) electrons. The van der Waals surface area contributed by atoms with Crippen LogP contribution < -0.4 is 0 Å². The van der Waals surface area contributed by atoms with Crippen LogP contribution in [0.15, 0.2) is 29.5 Å². The van der Waals surface area contributed by atoms with Gasteiger partial charge in [-0.3, -0.25) is 4.99 Å². The molecule has 0 atom stereocenters. The van der Waals surface area contributed by atoms with E-state index in [2.05, 4.69) is 4.99 Å². The summed E-state index contributed by atoms with van der Waals surface area (Å²) in [5.74, 6) is 0. The Bertz CT molecular complexity index is 156. The summed E-state index contributed by atoms with van der Waals surface area (Å²) in [7, 11) is 0. The normalized spacial score (nSPS) is 17.7. The molecule has 2 nitrogen and oxygen atoms in total. The van der Waals surface area contributed by atoms with Crippen molar-refractivity contribution in [2.75, 3.05) is 6.67 Å². The largest absolute Gasteiger partial charge is 0.335 e. The van der Waals surface area contributed by atoms with Gasteiger partial charge in [0.2, 0.25) is 0 Å². The van der Waals surface area contributed by atoms with Crippen LogP contribution in [0, 0.1) is 0 Å². The van der Waals surface area contributed by atoms with Gasteiger partial charge in [-0.25, -0.2) is 0 Å². The molecular formula is C7H10N2. The molecule has 0 N–H and O–H groups in total. The highest BCUT2D eigenvalue weighted by atomic mass is 15.2. The fourth-order valence-electron chi connectivity index (χ4n) is 0.687. The Morgan fingerprint density at radius 1 is 1.67 bits per heavy atom. The highest BCUT2D eigenvalue weighted by Gasteiger charge is 1.91. The number of allylic oxidation sites excluding steroid dienone is 2. The van der Waals surface area contributed by atoms with Gasteiger partial charge < -0.3 is 4.90 Å². The first kappa shape index (κ1) is 6.08. The predicted molar refractivity (Wildman–Crippen MR) is 39.2 cm³/mol. The second-order valence-electron chi connectivity index (χ2n) is 1.81. The quantitative estimate of drug-likeness (QED) is 0.513. The van der Waals surface area contributed by atoms with Crippen molar-refractivity contribution >= 4 is 6.21 Å². The zero-order valence-electron chi connectivity index (χ0n) is 5.49. The van der Waals surface area contributed by atoms with E-state index in [1.54, 1.807) is 6.21 Å². The van der Waals surface area contributed by atoms with Gasteiger partial charge in [-0.1, -0.05) is 6.08 Å². The van der Waals surface area contributed by atoms with Crippen molar-refractivity contribution < 1.29 is 0 Å². The van der Waals surface area contributed by atoms with Crippen LogP contribution in [0.1, 0.15) is 6.92 Å². The standard InChI is InChI=1S/C7H10N2/c1-2-5-9-6-3-4-8-7-9/h2-6H,7H2,1H3. The maximum Gasteiger partial charge on any atom is 0.113 e. The summed E-state index contributed by atoms with van der Waals surface area (Å²) >= 11 is 0. The topological polar surface area (TPSA) is 15.6 Å². The lowest BCUT2D eigenvalue weighted by molar-refractivity contribution is 0.520. The lowest BCUT2D eigenvalue weighted by Gasteiger charge is -2.13. The van der Waals surface area contributed by atoms with Gasteiger partial charge in [0.1, 0.15) is 6.67 Å². The van der Waals surface area contributed by atoms with Crippen molar-refractivity contribution in [2.24, 2.45) is 4.99 Å². The minimum atomic E-state index is 0.751. The molecule has 0 aromatic rings. The average Bonchev–Trinajstić information content (AvgIpc) is 1.91. The van der Waals surface area contributed by atoms with Crippen molar-refractivity contribution in [2.45, 2.75) is 6.92 Å². The van der Waals surface area contributed by atoms with Crippen LogP contribution in [0.3, 0.4) is 0 Å². The van der Waals surface area contributed by atoms with E-state index in [0.29, 0.717) is 0 Å². The first-order valence-corrected chi connectivity index (χ1v) is 2.98. The van der Waals surface area contributed by atoms with Crippen LogP contribution in [0.25, 0.3) is 0 Å². The Hall–Kier alpha value is -1.05. The highest BCUT2D eigenvalue weighted by molar-refractivity contribution is 5.71. The Labute approximate surface area is 55.2 Å². The molecule has 9 heavy (non-hydrogen) atoms. The summed E-state index contributed by atoms with van der Waals surface area (Å²) < 4.78 is 0. The molecule has 1 heterocycles. The van der Waals surface area contributed by atoms with Crippen molar-refractivity contribution in [1.82, 2.24) is 4.90 Å². The number of nitrogens with zero attached hydrogens (tertiary/aromatic N) is 2. The summed E-state index contributed by atoms with van der Waals surface area (Å²) in [5.41, 5.74) is 0. The monoisotopic (exact) mass is 122 g/mol. The molecule has 48 valence electrons. The maximum absolute atomic E-state index is 4.04. The Kier molecular flexibility index (Phi) is 2.07. The molecular weight excluding hydrogens is 112 g/mol. The van der Waals surface area contributed by atoms with Crippen molar-refractivity contribution in [3.05, 3.63) is 24.6 Å². The molecule has 0 aromatic carbocycles. The third kappa shape index (κ3) is 1.72. The fourth-order valence-corrected chi connectivity index (χ4v) is 0.687. The van der Waals surface area contributed by atoms with E-state index in [0.717, 1.165) is 6.67 Å². The number of aliphatic imine (C=N–C) groups is 1. The van der Waals surface area contributed by atoms with Gasteiger partial charge in [-0.15, -0.1) is 0 Å². The van der Waals surface area contributed by atoms with Gasteiger partial charge >= 0.3 is 0 Å². The second-order valence-corrected chi connectivity index (χ2v) is 1.81. The predicted octanol–water partition coefficient (Wildman–Crippen LogP) is 1.38. The average molecular weight is 122 g/mol. The molecule has 0 saturated heterocycles. The Morgan fingerprint density at radius 3 is 3.11 bits per heavy atom. The molecule has 0 aromatic heterocycles. The minimum Gasteiger partial charge on any atom is -0.335 e. The third-order valence-corrected chi connectivity index (χ3v) is 1.05. The zero-order valence-corrected chi connectivity index (χ0v) is 5.49. The summed E-state index contributed by atoms with van der Waals surface area (Å²) in [4.78, 5) is 6.05. The molecule has 2 heteroatoms. The van der Waals surface area contributed by atoms with E-state index < -0.39 is 0 Å². The van der Waals surface area contributed by atoms with Gasteiger partial charge in [0.15, 0.2) is 0 Å². The minimum absolute atomic E-state index is 0.751. The van der Waals surface area contributed by atoms with Crippen molar-refractivity contribution in [3.8, 4) is 0 Å². The maximum atomic E-state index is 4.04. The third-order valence-electron chi connectivity index (χ3n) is 1.05. The van der Waals surface area contributed by atoms with Crippen molar-refractivity contribution in [3.63, 3.8) is 0 Å². The molecule has 0 amide bonds. The lowest BCUT2D eigenvalue weighted by Crippen LogP contribution is -2.11. The summed E-state index contributed by atoms with van der Waals surface area (Å²) in [6, 6.07) is 0. The summed E-state index contributed by atoms with van der Waals surface area (Å²) in [6.07, 6.45) is 9.70. The van der Waals surface area contributed by atoms with Gasteiger partial charge in [-0.05, 0) is 13.0 Å². The molecule has 0 spiro atoms. The van der Waals surface area contributed by atoms with Crippen LogP contribution in [-0.2, 0) is 0 Å². The van der Waals surface area contributed by atoms with E-state index in [1.807, 2.05) is 36.4 Å². The summed E-state index contributed by atoms with van der Waals surface area (Å²) in [6.45, 7) is 2.74. The van der Waals surface area contributed by atoms with Crippen LogP contribution in [0.2, 0.25) is 0 Å². The number of hydrogen-bond donors (Lipinski definition) is 0. The van der Waals surface area contributed by atoms with Crippen molar-refractivity contribution in [1.29, 1.82) is 0 Å². The van der Waals surface area contributed by atoms with Gasteiger partial charge in [-0.2, -0.15) is 0 Å². The van der Waals surface area contributed by atoms with Crippen LogP contribution in [-0.4, -0.2) is 17.8 Å². The second kappa shape index (κ2) is 3.07. The molecule has 0 bridgehead atoms. The van der Waals surface area contributed by atoms with E-state index >= 15 is 0 Å². The first-order valence-electron chi connectivity index (χ1n) is 2.98.